The van der Waals surface area contributed by atoms with E-state index in [2.05, 4.69) is 65.8 Å². The highest BCUT2D eigenvalue weighted by Gasteiger charge is 2.36. The lowest BCUT2D eigenvalue weighted by atomic mass is 10.2. The quantitative estimate of drug-likeness (QED) is 0.585. The number of hydrogen-bond donors (Lipinski definition) is 0. The number of aryl methyl sites for hydroxylation is 1. The van der Waals surface area contributed by atoms with E-state index in [1.807, 2.05) is 0 Å². The zero-order valence-electron chi connectivity index (χ0n) is 13.5. The third-order valence-electron chi connectivity index (χ3n) is 3.56. The Balaban J connectivity index is 2.91. The molecule has 0 aromatic heterocycles. The Labute approximate surface area is 120 Å². The van der Waals surface area contributed by atoms with Crippen molar-refractivity contribution in [2.75, 3.05) is 0 Å². The van der Waals surface area contributed by atoms with Crippen molar-refractivity contribution in [3.63, 3.8) is 0 Å². The molecule has 0 aliphatic heterocycles. The summed E-state index contributed by atoms with van der Waals surface area (Å²) in [5.74, 6) is 2.51. The summed E-state index contributed by atoms with van der Waals surface area (Å²) in [6, 6.07) is 12.3. The smallest absolute Gasteiger partial charge is 0.251 e. The summed E-state index contributed by atoms with van der Waals surface area (Å²) in [5.41, 5.74) is 1.30. The van der Waals surface area contributed by atoms with Crippen LogP contribution < -0.4 is 4.43 Å². The Morgan fingerprint density at radius 1 is 0.947 bits per heavy atom. The summed E-state index contributed by atoms with van der Waals surface area (Å²) in [5, 5.41) is 0. The van der Waals surface area contributed by atoms with Crippen LogP contribution in [-0.4, -0.2) is 8.32 Å². The van der Waals surface area contributed by atoms with Gasteiger partial charge in [-0.2, -0.15) is 0 Å². The van der Waals surface area contributed by atoms with Crippen LogP contribution in [0.4, 0.5) is 0 Å². The molecule has 0 unspecified atom stereocenters. The third kappa shape index (κ3) is 5.39. The molecule has 0 aliphatic carbocycles. The molecule has 108 valence electrons. The monoisotopic (exact) mass is 278 g/mol. The third-order valence-corrected chi connectivity index (χ3v) is 8.64. The molecule has 19 heavy (non-hydrogen) atoms. The fraction of sp³-hybridized carbons (Fsp3) is 0.647. The van der Waals surface area contributed by atoms with Gasteiger partial charge >= 0.3 is 0 Å². The van der Waals surface area contributed by atoms with Crippen LogP contribution in [0.2, 0.25) is 18.1 Å². The molecule has 0 saturated carbocycles. The molecule has 0 saturated heterocycles. The molecule has 0 fully saturated rings. The van der Waals surface area contributed by atoms with Gasteiger partial charge in [0, 0.05) is 0 Å². The van der Waals surface area contributed by atoms with Gasteiger partial charge in [0.1, 0.15) is 5.75 Å². The van der Waals surface area contributed by atoms with E-state index in [1.165, 1.54) is 23.7 Å². The maximum absolute atomic E-state index is 6.57. The van der Waals surface area contributed by atoms with E-state index in [9.17, 15) is 0 Å². The van der Waals surface area contributed by atoms with Crippen molar-refractivity contribution in [1.82, 2.24) is 0 Å². The van der Waals surface area contributed by atoms with Gasteiger partial charge in [0.25, 0.3) is 8.32 Å². The van der Waals surface area contributed by atoms with Gasteiger partial charge in [-0.15, -0.1) is 0 Å². The SMILES string of the molecule is CC[Si](CC(C)C)(CC(C)C)Oc1ccc(C)cc1. The largest absolute Gasteiger partial charge is 0.543 e. The van der Waals surface area contributed by atoms with Crippen LogP contribution in [-0.2, 0) is 0 Å². The Morgan fingerprint density at radius 2 is 1.42 bits per heavy atom. The van der Waals surface area contributed by atoms with Crippen molar-refractivity contribution in [3.05, 3.63) is 29.8 Å². The average molecular weight is 279 g/mol. The molecule has 0 bridgehead atoms. The molecule has 1 nitrogen and oxygen atoms in total. The van der Waals surface area contributed by atoms with Crippen molar-refractivity contribution in [1.29, 1.82) is 0 Å². The number of benzene rings is 1. The molecule has 0 N–H and O–H groups in total. The van der Waals surface area contributed by atoms with E-state index in [0.29, 0.717) is 0 Å². The Morgan fingerprint density at radius 3 is 1.79 bits per heavy atom. The van der Waals surface area contributed by atoms with Gasteiger partial charge in [0.05, 0.1) is 0 Å². The summed E-state index contributed by atoms with van der Waals surface area (Å²) in [4.78, 5) is 0. The second-order valence-electron chi connectivity index (χ2n) is 6.65. The molecule has 0 heterocycles. The minimum atomic E-state index is -1.65. The normalized spacial score (nSPS) is 12.2. The topological polar surface area (TPSA) is 9.23 Å². The highest BCUT2D eigenvalue weighted by atomic mass is 28.4. The van der Waals surface area contributed by atoms with E-state index >= 15 is 0 Å². The molecule has 0 aliphatic rings. The Kier molecular flexibility index (Phi) is 6.12. The predicted molar refractivity (Wildman–Crippen MR) is 87.3 cm³/mol. The lowest BCUT2D eigenvalue weighted by Gasteiger charge is -2.34. The molecule has 1 rings (SSSR count). The Bertz CT molecular complexity index is 357. The summed E-state index contributed by atoms with van der Waals surface area (Å²) in [6.45, 7) is 13.7. The van der Waals surface area contributed by atoms with Crippen LogP contribution in [0.25, 0.3) is 0 Å². The van der Waals surface area contributed by atoms with Gasteiger partial charge in [-0.05, 0) is 49.0 Å². The van der Waals surface area contributed by atoms with Crippen molar-refractivity contribution in [2.24, 2.45) is 11.8 Å². The van der Waals surface area contributed by atoms with Crippen LogP contribution in [0.3, 0.4) is 0 Å². The van der Waals surface area contributed by atoms with Gasteiger partial charge in [-0.1, -0.05) is 52.3 Å². The molecule has 0 spiro atoms. The van der Waals surface area contributed by atoms with Gasteiger partial charge in [0.15, 0.2) is 0 Å². The minimum Gasteiger partial charge on any atom is -0.543 e. The molecule has 1 aromatic rings. The van der Waals surface area contributed by atoms with E-state index in [4.69, 9.17) is 4.43 Å². The Hall–Kier alpha value is -0.763. The minimum absolute atomic E-state index is 0.718. The zero-order chi connectivity index (χ0) is 14.5. The molecule has 0 radical (unpaired) electrons. The van der Waals surface area contributed by atoms with E-state index in [-0.39, 0.29) is 0 Å². The highest BCUT2D eigenvalue weighted by molar-refractivity contribution is 6.74. The van der Waals surface area contributed by atoms with Crippen LogP contribution in [0, 0.1) is 18.8 Å². The summed E-state index contributed by atoms with van der Waals surface area (Å²) < 4.78 is 6.57. The first-order valence-electron chi connectivity index (χ1n) is 7.62. The average Bonchev–Trinajstić information content (AvgIpc) is 2.30. The molecule has 2 heteroatoms. The molecule has 0 amide bonds. The van der Waals surface area contributed by atoms with Crippen molar-refractivity contribution in [2.45, 2.75) is 59.7 Å². The van der Waals surface area contributed by atoms with Gasteiger partial charge in [0.2, 0.25) is 0 Å². The summed E-state index contributed by atoms with van der Waals surface area (Å²) >= 11 is 0. The lowest BCUT2D eigenvalue weighted by molar-refractivity contribution is 0.491. The second kappa shape index (κ2) is 7.13. The fourth-order valence-electron chi connectivity index (χ4n) is 2.87. The van der Waals surface area contributed by atoms with Crippen LogP contribution in [0.5, 0.6) is 5.75 Å². The van der Waals surface area contributed by atoms with Crippen molar-refractivity contribution >= 4 is 8.32 Å². The van der Waals surface area contributed by atoms with Crippen molar-refractivity contribution < 1.29 is 4.43 Å². The lowest BCUT2D eigenvalue weighted by Crippen LogP contribution is -2.43. The maximum Gasteiger partial charge on any atom is 0.251 e. The highest BCUT2D eigenvalue weighted by Crippen LogP contribution is 2.31. The first-order chi connectivity index (χ1) is 8.87. The molecular formula is C17H30OSi. The van der Waals surface area contributed by atoms with Gasteiger partial charge in [-0.25, -0.2) is 0 Å². The van der Waals surface area contributed by atoms with E-state index in [0.717, 1.165) is 17.6 Å². The van der Waals surface area contributed by atoms with Crippen LogP contribution >= 0.6 is 0 Å². The first kappa shape index (κ1) is 16.3. The molecule has 0 atom stereocenters. The standard InChI is InChI=1S/C17H30OSi/c1-7-19(12-14(2)3,13-15(4)5)18-17-10-8-16(6)9-11-17/h8-11,14-15H,7,12-13H2,1-6H3. The van der Waals surface area contributed by atoms with Crippen LogP contribution in [0.1, 0.15) is 40.2 Å². The van der Waals surface area contributed by atoms with Crippen LogP contribution in [0.15, 0.2) is 24.3 Å². The van der Waals surface area contributed by atoms with Gasteiger partial charge < -0.3 is 4.43 Å². The zero-order valence-corrected chi connectivity index (χ0v) is 14.5. The first-order valence-corrected chi connectivity index (χ1v) is 10.2. The summed E-state index contributed by atoms with van der Waals surface area (Å²) in [7, 11) is -1.65. The molecular weight excluding hydrogens is 248 g/mol. The second-order valence-corrected chi connectivity index (χ2v) is 10.7. The van der Waals surface area contributed by atoms with E-state index in [1.54, 1.807) is 0 Å². The maximum atomic E-state index is 6.57. The fourth-order valence-corrected chi connectivity index (χ4v) is 7.54. The predicted octanol–water partition coefficient (Wildman–Crippen LogP) is 5.65. The number of rotatable bonds is 7. The molecule has 1 aromatic carbocycles. The van der Waals surface area contributed by atoms with E-state index < -0.39 is 8.32 Å². The number of hydrogen-bond acceptors (Lipinski definition) is 1. The van der Waals surface area contributed by atoms with Crippen molar-refractivity contribution in [3.8, 4) is 5.75 Å². The van der Waals surface area contributed by atoms with Gasteiger partial charge in [-0.3, -0.25) is 0 Å². The summed E-state index contributed by atoms with van der Waals surface area (Å²) in [6.07, 6.45) is 0.